The molecule has 0 radical (unpaired) electrons. The molecule has 1 heterocycles. The van der Waals surface area contributed by atoms with Crippen LogP contribution in [0.15, 0.2) is 18.2 Å². The fraction of sp³-hybridized carbons (Fsp3) is 0.429. The van der Waals surface area contributed by atoms with Gasteiger partial charge in [-0.15, -0.1) is 0 Å². The molecule has 1 aromatic carbocycles. The number of nitrogens with zero attached hydrogens (tertiary/aromatic N) is 1. The van der Waals surface area contributed by atoms with E-state index in [4.69, 9.17) is 0 Å². The Morgan fingerprint density at radius 2 is 1.79 bits per heavy atom. The highest BCUT2D eigenvalue weighted by Crippen LogP contribution is 2.19. The zero-order chi connectivity index (χ0) is 14.0. The van der Waals surface area contributed by atoms with Gasteiger partial charge in [-0.25, -0.2) is 4.79 Å². The van der Waals surface area contributed by atoms with E-state index in [1.807, 2.05) is 32.0 Å². The lowest BCUT2D eigenvalue weighted by atomic mass is 10.1. The summed E-state index contributed by atoms with van der Waals surface area (Å²) in [6, 6.07) is 5.72. The fourth-order valence-electron chi connectivity index (χ4n) is 2.17. The van der Waals surface area contributed by atoms with Crippen molar-refractivity contribution in [3.8, 4) is 0 Å². The van der Waals surface area contributed by atoms with E-state index in [0.717, 1.165) is 16.8 Å². The maximum Gasteiger partial charge on any atom is 0.319 e. The Kier molecular flexibility index (Phi) is 3.74. The predicted octanol–water partition coefficient (Wildman–Crippen LogP) is 1.66. The van der Waals surface area contributed by atoms with Gasteiger partial charge in [-0.3, -0.25) is 4.79 Å². The largest absolute Gasteiger partial charge is 0.339 e. The quantitative estimate of drug-likeness (QED) is 0.850. The number of aryl methyl sites for hydroxylation is 2. The molecule has 5 nitrogen and oxygen atoms in total. The molecule has 0 aliphatic carbocycles. The van der Waals surface area contributed by atoms with Crippen molar-refractivity contribution < 1.29 is 9.59 Å². The van der Waals surface area contributed by atoms with Crippen LogP contribution in [0.3, 0.4) is 0 Å². The molecule has 3 amide bonds. The summed E-state index contributed by atoms with van der Waals surface area (Å²) in [6.07, 6.45) is 0. The van der Waals surface area contributed by atoms with E-state index in [1.165, 1.54) is 6.92 Å². The molecular formula is C14H19N3O2. The number of hydrogen-bond acceptors (Lipinski definition) is 2. The first-order valence-electron chi connectivity index (χ1n) is 6.36. The SMILES string of the molecule is CC(=O)N1CC(NC(=O)Nc2c(C)cccc2C)C1. The normalized spacial score (nSPS) is 14.8. The number of rotatable bonds is 2. The summed E-state index contributed by atoms with van der Waals surface area (Å²) in [4.78, 5) is 24.6. The van der Waals surface area contributed by atoms with Gasteiger partial charge >= 0.3 is 6.03 Å². The van der Waals surface area contributed by atoms with Crippen molar-refractivity contribution in [3.05, 3.63) is 29.3 Å². The van der Waals surface area contributed by atoms with Crippen LogP contribution in [0.2, 0.25) is 0 Å². The molecule has 1 saturated heterocycles. The lowest BCUT2D eigenvalue weighted by molar-refractivity contribution is -0.133. The fourth-order valence-corrected chi connectivity index (χ4v) is 2.17. The average Bonchev–Trinajstić information content (AvgIpc) is 2.27. The Hall–Kier alpha value is -2.04. The summed E-state index contributed by atoms with van der Waals surface area (Å²) in [7, 11) is 0. The number of nitrogens with one attached hydrogen (secondary N) is 2. The van der Waals surface area contributed by atoms with Gasteiger partial charge in [0.15, 0.2) is 0 Å². The molecule has 1 fully saturated rings. The van der Waals surface area contributed by atoms with Gasteiger partial charge in [0, 0.05) is 25.7 Å². The van der Waals surface area contributed by atoms with Crippen LogP contribution < -0.4 is 10.6 Å². The number of anilines is 1. The molecule has 0 aromatic heterocycles. The Bertz CT molecular complexity index is 487. The summed E-state index contributed by atoms with van der Waals surface area (Å²) in [5.74, 6) is 0.0493. The molecule has 5 heteroatoms. The van der Waals surface area contributed by atoms with Gasteiger partial charge < -0.3 is 15.5 Å². The van der Waals surface area contributed by atoms with Crippen LogP contribution in [-0.4, -0.2) is 36.0 Å². The Labute approximate surface area is 113 Å². The minimum absolute atomic E-state index is 0.0493. The lowest BCUT2D eigenvalue weighted by Crippen LogP contribution is -2.61. The van der Waals surface area contributed by atoms with Crippen LogP contribution in [0.5, 0.6) is 0 Å². The Balaban J connectivity index is 1.87. The molecular weight excluding hydrogens is 242 g/mol. The van der Waals surface area contributed by atoms with Crippen LogP contribution in [-0.2, 0) is 4.79 Å². The molecule has 2 N–H and O–H groups in total. The van der Waals surface area contributed by atoms with E-state index in [9.17, 15) is 9.59 Å². The zero-order valence-electron chi connectivity index (χ0n) is 11.5. The van der Waals surface area contributed by atoms with E-state index in [2.05, 4.69) is 10.6 Å². The van der Waals surface area contributed by atoms with Crippen molar-refractivity contribution in [2.24, 2.45) is 0 Å². The second kappa shape index (κ2) is 5.30. The van der Waals surface area contributed by atoms with Gasteiger partial charge in [0.05, 0.1) is 6.04 Å². The molecule has 1 aliphatic rings. The third kappa shape index (κ3) is 3.05. The first-order chi connectivity index (χ1) is 8.97. The van der Waals surface area contributed by atoms with Gasteiger partial charge in [0.2, 0.25) is 5.91 Å². The number of carbonyl (C=O) groups excluding carboxylic acids is 2. The smallest absolute Gasteiger partial charge is 0.319 e. The summed E-state index contributed by atoms with van der Waals surface area (Å²) in [5, 5.41) is 5.73. The van der Waals surface area contributed by atoms with Crippen LogP contribution in [0.1, 0.15) is 18.1 Å². The van der Waals surface area contributed by atoms with Gasteiger partial charge in [-0.05, 0) is 25.0 Å². The van der Waals surface area contributed by atoms with Crippen molar-refractivity contribution in [1.82, 2.24) is 10.2 Å². The summed E-state index contributed by atoms with van der Waals surface area (Å²) in [6.45, 7) is 6.64. The maximum absolute atomic E-state index is 11.9. The summed E-state index contributed by atoms with van der Waals surface area (Å²) < 4.78 is 0. The maximum atomic E-state index is 11.9. The molecule has 0 saturated carbocycles. The van der Waals surface area contributed by atoms with Crippen molar-refractivity contribution in [2.75, 3.05) is 18.4 Å². The molecule has 2 rings (SSSR count). The summed E-state index contributed by atoms with van der Waals surface area (Å²) >= 11 is 0. The number of likely N-dealkylation sites (tertiary alicyclic amines) is 1. The van der Waals surface area contributed by atoms with Crippen LogP contribution in [0.25, 0.3) is 0 Å². The first kappa shape index (κ1) is 13.4. The third-order valence-electron chi connectivity index (χ3n) is 3.38. The summed E-state index contributed by atoms with van der Waals surface area (Å²) in [5.41, 5.74) is 2.92. The van der Waals surface area contributed by atoms with E-state index in [1.54, 1.807) is 4.90 Å². The Morgan fingerprint density at radius 1 is 1.21 bits per heavy atom. The van der Waals surface area contributed by atoms with Gasteiger partial charge in [-0.2, -0.15) is 0 Å². The van der Waals surface area contributed by atoms with E-state index >= 15 is 0 Å². The molecule has 0 bridgehead atoms. The number of carbonyl (C=O) groups is 2. The van der Waals surface area contributed by atoms with E-state index in [0.29, 0.717) is 13.1 Å². The minimum atomic E-state index is -0.217. The standard InChI is InChI=1S/C14H19N3O2/c1-9-5-4-6-10(2)13(9)16-14(19)15-12-7-17(8-12)11(3)18/h4-6,12H,7-8H2,1-3H3,(H2,15,16,19). The molecule has 1 aromatic rings. The second-order valence-corrected chi connectivity index (χ2v) is 4.99. The molecule has 0 spiro atoms. The number of para-hydroxylation sites is 1. The zero-order valence-corrected chi connectivity index (χ0v) is 11.5. The molecule has 1 aliphatic heterocycles. The highest BCUT2D eigenvalue weighted by Gasteiger charge is 2.29. The van der Waals surface area contributed by atoms with Crippen LogP contribution >= 0.6 is 0 Å². The average molecular weight is 261 g/mol. The van der Waals surface area contributed by atoms with Gasteiger partial charge in [0.25, 0.3) is 0 Å². The van der Waals surface area contributed by atoms with Crippen molar-refractivity contribution >= 4 is 17.6 Å². The Morgan fingerprint density at radius 3 is 2.32 bits per heavy atom. The van der Waals surface area contributed by atoms with Crippen molar-refractivity contribution in [2.45, 2.75) is 26.8 Å². The highest BCUT2D eigenvalue weighted by atomic mass is 16.2. The van der Waals surface area contributed by atoms with Crippen LogP contribution in [0, 0.1) is 13.8 Å². The molecule has 0 atom stereocenters. The van der Waals surface area contributed by atoms with E-state index in [-0.39, 0.29) is 18.0 Å². The van der Waals surface area contributed by atoms with E-state index < -0.39 is 0 Å². The number of benzene rings is 1. The van der Waals surface area contributed by atoms with Crippen molar-refractivity contribution in [3.63, 3.8) is 0 Å². The molecule has 19 heavy (non-hydrogen) atoms. The van der Waals surface area contributed by atoms with Crippen LogP contribution in [0.4, 0.5) is 10.5 Å². The topological polar surface area (TPSA) is 61.4 Å². The number of hydrogen-bond donors (Lipinski definition) is 2. The monoisotopic (exact) mass is 261 g/mol. The predicted molar refractivity (Wildman–Crippen MR) is 74.1 cm³/mol. The molecule has 0 unspecified atom stereocenters. The number of amides is 3. The minimum Gasteiger partial charge on any atom is -0.339 e. The second-order valence-electron chi connectivity index (χ2n) is 4.99. The van der Waals surface area contributed by atoms with Crippen molar-refractivity contribution in [1.29, 1.82) is 0 Å². The third-order valence-corrected chi connectivity index (χ3v) is 3.38. The number of urea groups is 1. The van der Waals surface area contributed by atoms with Gasteiger partial charge in [-0.1, -0.05) is 18.2 Å². The molecule has 102 valence electrons. The van der Waals surface area contributed by atoms with Gasteiger partial charge in [0.1, 0.15) is 0 Å². The highest BCUT2D eigenvalue weighted by molar-refractivity contribution is 5.91. The first-order valence-corrected chi connectivity index (χ1v) is 6.36. The lowest BCUT2D eigenvalue weighted by Gasteiger charge is -2.38.